The van der Waals surface area contributed by atoms with E-state index in [1.807, 2.05) is 55.4 Å². The number of carbonyl (C=O) groups is 11. The van der Waals surface area contributed by atoms with Gasteiger partial charge in [-0.15, -0.1) is 0 Å². The standard InChI is InChI=1S/C60H108N10O13/c1-32(2)26-42-53(76)63-48(36(9)10)59(82)66(19)43(27-33(3)4)52(75)61-40(15)46(72)30-39(14)55(78)67(20)44(28-34(5)6)57(80)68(21)45(29-35(7)8)58(81)69(22)49(37(11)12)60(83)70(23)50(51(74)38(13)24-25-71)54(77)62-41(16)56(79)64(17)31-47(73)65(42)18/h32-45,48-51,71,74H,24-31H2,1-23H3,(H,61,75)(H,62,77)(H,63,76)/t38-,39-,40-,41-,42+,43-,44-,45-,48-,49-,50-,51-/m1/s1. The molecule has 1 rings (SSSR count). The van der Waals surface area contributed by atoms with E-state index in [4.69, 9.17) is 0 Å². The van der Waals surface area contributed by atoms with Gasteiger partial charge in [-0.2, -0.15) is 0 Å². The van der Waals surface area contributed by atoms with Crippen molar-refractivity contribution in [2.75, 3.05) is 62.5 Å². The molecule has 1 fully saturated rings. The van der Waals surface area contributed by atoms with Crippen LogP contribution in [0, 0.1) is 47.3 Å². The highest BCUT2D eigenvalue weighted by atomic mass is 16.3. The van der Waals surface area contributed by atoms with Gasteiger partial charge in [0, 0.05) is 68.3 Å². The van der Waals surface area contributed by atoms with Crippen LogP contribution in [0.5, 0.6) is 0 Å². The van der Waals surface area contributed by atoms with E-state index in [-0.39, 0.29) is 68.8 Å². The van der Waals surface area contributed by atoms with Crippen LogP contribution in [0.4, 0.5) is 0 Å². The smallest absolute Gasteiger partial charge is 0.246 e. The first-order valence-corrected chi connectivity index (χ1v) is 29.7. The zero-order valence-electron chi connectivity index (χ0n) is 54.6. The first-order chi connectivity index (χ1) is 38.2. The molecule has 5 N–H and O–H groups in total. The van der Waals surface area contributed by atoms with Gasteiger partial charge in [0.1, 0.15) is 48.3 Å². The van der Waals surface area contributed by atoms with Crippen LogP contribution < -0.4 is 16.0 Å². The molecule has 0 unspecified atom stereocenters. The van der Waals surface area contributed by atoms with Gasteiger partial charge in [-0.3, -0.25) is 52.7 Å². The Bertz CT molecular complexity index is 2240. The monoisotopic (exact) mass is 1180 g/mol. The van der Waals surface area contributed by atoms with Crippen LogP contribution in [-0.4, -0.2) is 232 Å². The van der Waals surface area contributed by atoms with E-state index in [1.165, 1.54) is 87.7 Å². The lowest BCUT2D eigenvalue weighted by Gasteiger charge is -2.41. The fraction of sp³-hybridized carbons (Fsp3) is 0.817. The minimum absolute atomic E-state index is 0.0243. The molecule has 476 valence electrons. The zero-order chi connectivity index (χ0) is 64.6. The van der Waals surface area contributed by atoms with E-state index >= 15 is 4.79 Å². The van der Waals surface area contributed by atoms with E-state index in [0.29, 0.717) is 0 Å². The van der Waals surface area contributed by atoms with E-state index in [2.05, 4.69) is 16.0 Å². The average molecular weight is 1180 g/mol. The Morgan fingerprint density at radius 1 is 0.446 bits per heavy atom. The molecule has 1 saturated heterocycles. The summed E-state index contributed by atoms with van der Waals surface area (Å²) in [5, 5.41) is 29.9. The minimum Gasteiger partial charge on any atom is -0.396 e. The Kier molecular flexibility index (Phi) is 30.6. The average Bonchev–Trinajstić information content (AvgIpc) is 3.43. The number of hydrogen-bond acceptors (Lipinski definition) is 13. The summed E-state index contributed by atoms with van der Waals surface area (Å²) in [6, 6.07) is -11.1. The van der Waals surface area contributed by atoms with Gasteiger partial charge in [-0.05, 0) is 87.4 Å². The predicted molar refractivity (Wildman–Crippen MR) is 317 cm³/mol. The maximum atomic E-state index is 15.0. The van der Waals surface area contributed by atoms with Gasteiger partial charge in [-0.1, -0.05) is 96.9 Å². The van der Waals surface area contributed by atoms with Crippen LogP contribution in [-0.2, 0) is 52.7 Å². The molecule has 1 aliphatic rings. The lowest BCUT2D eigenvalue weighted by Crippen LogP contribution is -2.63. The fourth-order valence-corrected chi connectivity index (χ4v) is 10.6. The van der Waals surface area contributed by atoms with Gasteiger partial charge in [-0.25, -0.2) is 0 Å². The fourth-order valence-electron chi connectivity index (χ4n) is 10.6. The molecular weight excluding hydrogens is 1070 g/mol. The Labute approximate surface area is 496 Å². The van der Waals surface area contributed by atoms with Crippen LogP contribution in [0.1, 0.15) is 149 Å². The van der Waals surface area contributed by atoms with Crippen molar-refractivity contribution in [1.29, 1.82) is 0 Å². The first-order valence-electron chi connectivity index (χ1n) is 29.7. The number of rotatable bonds is 14. The quantitative estimate of drug-likeness (QED) is 0.167. The summed E-state index contributed by atoms with van der Waals surface area (Å²) in [4.78, 5) is 167. The summed E-state index contributed by atoms with van der Waals surface area (Å²) in [6.07, 6.45) is -1.27. The molecule has 83 heavy (non-hydrogen) atoms. The van der Waals surface area contributed by atoms with Gasteiger partial charge < -0.3 is 60.5 Å². The van der Waals surface area contributed by atoms with Gasteiger partial charge in [0.15, 0.2) is 5.78 Å². The van der Waals surface area contributed by atoms with Crippen molar-refractivity contribution in [3.8, 4) is 0 Å². The van der Waals surface area contributed by atoms with E-state index in [0.717, 1.165) is 9.80 Å². The molecule has 1 heterocycles. The van der Waals surface area contributed by atoms with Gasteiger partial charge in [0.05, 0.1) is 18.7 Å². The third-order valence-corrected chi connectivity index (χ3v) is 15.9. The lowest BCUT2D eigenvalue weighted by atomic mass is 9.91. The molecular formula is C60H108N10O13. The summed E-state index contributed by atoms with van der Waals surface area (Å²) < 4.78 is 0. The highest BCUT2D eigenvalue weighted by molar-refractivity contribution is 5.99. The van der Waals surface area contributed by atoms with Crippen molar-refractivity contribution in [2.45, 2.75) is 210 Å². The maximum Gasteiger partial charge on any atom is 0.246 e. The molecule has 23 heteroatoms. The SMILES string of the molecule is CC(C)C[C@@H]1C(=O)N(C)[C@H](CC(C)C)C(=O)N(C)[C@H](C(C)C)C(=O)N(C)[C@H]([C@H](O)[C@H](C)CCO)C(=O)N[C@H](C)C(=O)N(C)CC(=O)N(C)[C@@H](CC(C)C)C(=O)N[C@H](C(C)C)C(=O)N(C)[C@H](CC(C)C)C(=O)N[C@H](C)C(=O)C[C@@H](C)C(=O)N1C. The highest BCUT2D eigenvalue weighted by Crippen LogP contribution is 2.26. The van der Waals surface area contributed by atoms with Gasteiger partial charge >= 0.3 is 0 Å². The number of amides is 10. The second kappa shape index (κ2) is 33.7. The molecule has 1 aliphatic heterocycles. The van der Waals surface area contributed by atoms with Crippen molar-refractivity contribution in [2.24, 2.45) is 47.3 Å². The predicted octanol–water partition coefficient (Wildman–Crippen LogP) is 2.39. The minimum atomic E-state index is -1.68. The van der Waals surface area contributed by atoms with Crippen LogP contribution >= 0.6 is 0 Å². The molecule has 0 aromatic heterocycles. The van der Waals surface area contributed by atoms with E-state index in [9.17, 15) is 58.2 Å². The second-order valence-electron chi connectivity index (χ2n) is 25.9. The number of hydrogen-bond donors (Lipinski definition) is 5. The first kappa shape index (κ1) is 75.3. The van der Waals surface area contributed by atoms with Crippen molar-refractivity contribution in [1.82, 2.24) is 50.2 Å². The molecule has 0 saturated carbocycles. The Morgan fingerprint density at radius 2 is 0.843 bits per heavy atom. The van der Waals surface area contributed by atoms with Gasteiger partial charge in [0.2, 0.25) is 59.1 Å². The van der Waals surface area contributed by atoms with E-state index in [1.54, 1.807) is 41.5 Å². The third-order valence-electron chi connectivity index (χ3n) is 15.9. The number of aliphatic hydroxyl groups excluding tert-OH is 2. The van der Waals surface area contributed by atoms with Crippen LogP contribution in [0.2, 0.25) is 0 Å². The topological polar surface area (TPSA) is 287 Å². The zero-order valence-corrected chi connectivity index (χ0v) is 54.6. The van der Waals surface area contributed by atoms with Gasteiger partial charge in [0.25, 0.3) is 0 Å². The molecule has 0 spiro atoms. The second-order valence-corrected chi connectivity index (χ2v) is 25.9. The summed E-state index contributed by atoms with van der Waals surface area (Å²) in [7, 11) is 9.80. The summed E-state index contributed by atoms with van der Waals surface area (Å²) in [5.41, 5.74) is 0. The Hall–Kier alpha value is -5.71. The van der Waals surface area contributed by atoms with Crippen LogP contribution in [0.3, 0.4) is 0 Å². The van der Waals surface area contributed by atoms with Crippen molar-refractivity contribution < 1.29 is 63.0 Å². The molecule has 10 amide bonds. The largest absolute Gasteiger partial charge is 0.396 e. The van der Waals surface area contributed by atoms with E-state index < -0.39 is 156 Å². The molecule has 0 aliphatic carbocycles. The summed E-state index contributed by atoms with van der Waals surface area (Å²) in [5.74, 6) is -10.7. The Balaban J connectivity index is 4.25. The molecule has 0 aromatic carbocycles. The van der Waals surface area contributed by atoms with Crippen molar-refractivity contribution >= 4 is 64.9 Å². The highest BCUT2D eigenvalue weighted by Gasteiger charge is 2.45. The lowest BCUT2D eigenvalue weighted by molar-refractivity contribution is -0.157. The number of nitrogens with zero attached hydrogens (tertiary/aromatic N) is 7. The number of Topliss-reactive ketones (excluding diaryl/α,β-unsaturated/α-hetero) is 1. The van der Waals surface area contributed by atoms with Crippen molar-refractivity contribution in [3.05, 3.63) is 0 Å². The molecule has 0 radical (unpaired) electrons. The molecule has 0 aromatic rings. The number of aliphatic hydroxyl groups is 2. The van der Waals surface area contributed by atoms with Crippen LogP contribution in [0.25, 0.3) is 0 Å². The number of nitrogens with one attached hydrogen (secondary N) is 3. The van der Waals surface area contributed by atoms with Crippen molar-refractivity contribution in [3.63, 3.8) is 0 Å². The normalized spacial score (nSPS) is 27.3. The molecule has 12 atom stereocenters. The number of likely N-dealkylation sites (N-methyl/N-ethyl adjacent to an activating group) is 7. The molecule has 0 bridgehead atoms. The third kappa shape index (κ3) is 21.1. The summed E-state index contributed by atoms with van der Waals surface area (Å²) in [6.45, 7) is 26.8. The number of carbonyl (C=O) groups excluding carboxylic acids is 11. The Morgan fingerprint density at radius 3 is 1.29 bits per heavy atom. The maximum absolute atomic E-state index is 15.0. The number of ketones is 1. The van der Waals surface area contributed by atoms with Crippen LogP contribution in [0.15, 0.2) is 0 Å². The molecule has 23 nitrogen and oxygen atoms in total. The summed E-state index contributed by atoms with van der Waals surface area (Å²) >= 11 is 0.